The molecule has 4 aromatic rings. The molecule has 1 aliphatic rings. The predicted octanol–water partition coefficient (Wildman–Crippen LogP) is 3.57. The van der Waals surface area contributed by atoms with Gasteiger partial charge in [0.25, 0.3) is 0 Å². The molecule has 228 valence electrons. The number of aromatic amines is 1. The number of aliphatic hydroxyl groups is 1. The number of hydrogen-bond acceptors (Lipinski definition) is 8. The summed E-state index contributed by atoms with van der Waals surface area (Å²) in [6.45, 7) is 0. The fourth-order valence-corrected chi connectivity index (χ4v) is 7.65. The van der Waals surface area contributed by atoms with E-state index in [-0.39, 0.29) is 21.4 Å². The topological polar surface area (TPSA) is 136 Å². The van der Waals surface area contributed by atoms with Gasteiger partial charge >= 0.3 is 261 Å². The zero-order valence-corrected chi connectivity index (χ0v) is 26.0. The van der Waals surface area contributed by atoms with E-state index >= 15 is 0 Å². The van der Waals surface area contributed by atoms with Crippen molar-refractivity contribution >= 4 is 15.0 Å². The fraction of sp³-hybridized carbons (Fsp3) is 0.303. The molecule has 0 amide bonds. The van der Waals surface area contributed by atoms with Crippen LogP contribution < -0.4 is 20.7 Å². The molecule has 5 rings (SSSR count). The van der Waals surface area contributed by atoms with Crippen molar-refractivity contribution in [1.82, 2.24) is 9.55 Å². The molecular formula is C33H33N3O7Se. The Kier molecular flexibility index (Phi) is 10.0. The molecule has 1 aliphatic heterocycles. The Labute approximate surface area is 261 Å². The van der Waals surface area contributed by atoms with Crippen LogP contribution in [-0.2, 0) is 15.1 Å². The molecule has 0 aliphatic carbocycles. The molecule has 0 radical (unpaired) electrons. The molecule has 1 aromatic heterocycles. The summed E-state index contributed by atoms with van der Waals surface area (Å²) in [6, 6.07) is 28.5. The second kappa shape index (κ2) is 14.1. The first kappa shape index (κ1) is 31.3. The number of H-pyrrole nitrogens is 1. The van der Waals surface area contributed by atoms with E-state index in [9.17, 15) is 20.0 Å². The predicted molar refractivity (Wildman–Crippen MR) is 164 cm³/mol. The second-order valence-electron chi connectivity index (χ2n) is 10.1. The minimum absolute atomic E-state index is 0.119. The Hall–Kier alpha value is -4.17. The molecule has 3 aromatic carbocycles. The van der Waals surface area contributed by atoms with Gasteiger partial charge in [-0.2, -0.15) is 0 Å². The molecule has 0 spiro atoms. The van der Waals surface area contributed by atoms with E-state index < -0.39 is 40.3 Å². The van der Waals surface area contributed by atoms with Gasteiger partial charge in [-0.1, -0.05) is 0 Å². The molecule has 4 atom stereocenters. The SMILES string of the molecule is COc1ccc(C(OC([Se]CCC#N)[C@H]2O[C@@H](n3ccc(=O)[nH]c3=O)C[C@@H]2O)(c2ccccc2)c2ccc(OC)cc2)cc1. The Balaban J connectivity index is 1.64. The minimum atomic E-state index is -1.17. The average Bonchev–Trinajstić information content (AvgIpc) is 3.44. The summed E-state index contributed by atoms with van der Waals surface area (Å²) in [7, 11) is 3.21. The van der Waals surface area contributed by atoms with Crippen LogP contribution in [0.25, 0.3) is 0 Å². The molecular weight excluding hydrogens is 629 g/mol. The number of aromatic nitrogens is 2. The summed E-state index contributed by atoms with van der Waals surface area (Å²) in [4.78, 5) is 26.5. The quantitative estimate of drug-likeness (QED) is 0.134. The van der Waals surface area contributed by atoms with Gasteiger partial charge in [-0.15, -0.1) is 0 Å². The monoisotopic (exact) mass is 663 g/mol. The van der Waals surface area contributed by atoms with Crippen LogP contribution in [-0.4, -0.2) is 61.0 Å². The molecule has 2 N–H and O–H groups in total. The van der Waals surface area contributed by atoms with Crippen LogP contribution in [0, 0.1) is 11.3 Å². The molecule has 0 saturated carbocycles. The van der Waals surface area contributed by atoms with Gasteiger partial charge in [0, 0.05) is 0 Å². The molecule has 1 fully saturated rings. The van der Waals surface area contributed by atoms with E-state index in [0.29, 0.717) is 23.2 Å². The fourth-order valence-electron chi connectivity index (χ4n) is 5.37. The number of aliphatic hydroxyl groups excluding tert-OH is 1. The van der Waals surface area contributed by atoms with Crippen LogP contribution in [0.5, 0.6) is 11.5 Å². The number of nitriles is 1. The summed E-state index contributed by atoms with van der Waals surface area (Å²) < 4.78 is 25.8. The molecule has 2 heterocycles. The number of nitrogens with one attached hydrogen (secondary N) is 1. The summed E-state index contributed by atoms with van der Waals surface area (Å²) >= 11 is -0.328. The van der Waals surface area contributed by atoms with E-state index in [0.717, 1.165) is 16.7 Å². The zero-order valence-electron chi connectivity index (χ0n) is 24.3. The van der Waals surface area contributed by atoms with Gasteiger partial charge < -0.3 is 0 Å². The van der Waals surface area contributed by atoms with Crippen molar-refractivity contribution in [3.63, 3.8) is 0 Å². The molecule has 1 saturated heterocycles. The normalized spacial score (nSPS) is 18.8. The van der Waals surface area contributed by atoms with Gasteiger partial charge in [0.15, 0.2) is 0 Å². The van der Waals surface area contributed by atoms with Crippen molar-refractivity contribution in [3.8, 4) is 17.6 Å². The molecule has 10 nitrogen and oxygen atoms in total. The molecule has 1 unspecified atom stereocenters. The van der Waals surface area contributed by atoms with Crippen molar-refractivity contribution in [2.75, 3.05) is 14.2 Å². The van der Waals surface area contributed by atoms with Crippen LogP contribution in [0.2, 0.25) is 5.32 Å². The van der Waals surface area contributed by atoms with Gasteiger partial charge in [-0.3, -0.25) is 0 Å². The van der Waals surface area contributed by atoms with E-state index in [2.05, 4.69) is 11.1 Å². The van der Waals surface area contributed by atoms with Gasteiger partial charge in [0.05, 0.1) is 0 Å². The number of nitrogens with zero attached hydrogens (tertiary/aromatic N) is 2. The molecule has 0 bridgehead atoms. The van der Waals surface area contributed by atoms with Gasteiger partial charge in [0.2, 0.25) is 0 Å². The standard InChI is InChI=1S/C33H33N3O7Se/c1-40-25-13-9-23(10-14-25)33(22-7-4-3-5-8-22,24-11-15-26(41-2)16-12-24)43-31(44-20-6-18-34)30-27(37)21-29(42-30)36-19-17-28(38)35-32(36)39/h3-5,7-17,19,27,29-31,37H,6,20-21H2,1-2H3,(H,35,38,39)/t27-,29+,30-,31?/m0/s1. The van der Waals surface area contributed by atoms with Crippen LogP contribution in [0.3, 0.4) is 0 Å². The summed E-state index contributed by atoms with van der Waals surface area (Å²) in [6.07, 6.45) is -0.820. The first-order valence-corrected chi connectivity index (χ1v) is 16.3. The van der Waals surface area contributed by atoms with E-state index in [1.54, 1.807) is 14.2 Å². The third-order valence-electron chi connectivity index (χ3n) is 7.53. The number of methoxy groups -OCH3 is 2. The first-order chi connectivity index (χ1) is 21.4. The Bertz CT molecular complexity index is 1640. The van der Waals surface area contributed by atoms with Crippen molar-refractivity contribution in [2.24, 2.45) is 0 Å². The second-order valence-corrected chi connectivity index (χ2v) is 12.7. The Morgan fingerprint density at radius 2 is 1.57 bits per heavy atom. The van der Waals surface area contributed by atoms with Crippen LogP contribution in [0.4, 0.5) is 0 Å². The van der Waals surface area contributed by atoms with E-state index in [1.165, 1.54) is 16.8 Å². The number of rotatable bonds is 12. The van der Waals surface area contributed by atoms with E-state index in [4.69, 9.17) is 18.9 Å². The third kappa shape index (κ3) is 6.50. The zero-order chi connectivity index (χ0) is 31.1. The maximum absolute atomic E-state index is 12.6. The van der Waals surface area contributed by atoms with Gasteiger partial charge in [0.1, 0.15) is 0 Å². The summed E-state index contributed by atoms with van der Waals surface area (Å²) in [5, 5.41) is 20.6. The summed E-state index contributed by atoms with van der Waals surface area (Å²) in [5.74, 6) is 1.37. The van der Waals surface area contributed by atoms with Crippen molar-refractivity contribution in [1.29, 1.82) is 5.26 Å². The van der Waals surface area contributed by atoms with Crippen molar-refractivity contribution < 1.29 is 24.1 Å². The first-order valence-electron chi connectivity index (χ1n) is 14.1. The third-order valence-corrected chi connectivity index (χ3v) is 9.91. The van der Waals surface area contributed by atoms with Gasteiger partial charge in [-0.25, -0.2) is 0 Å². The van der Waals surface area contributed by atoms with Crippen molar-refractivity contribution in [3.05, 3.63) is 129 Å². The maximum atomic E-state index is 12.6. The molecule has 44 heavy (non-hydrogen) atoms. The van der Waals surface area contributed by atoms with Crippen molar-refractivity contribution in [2.45, 2.75) is 47.2 Å². The van der Waals surface area contributed by atoms with Crippen LogP contribution in [0.1, 0.15) is 35.8 Å². The van der Waals surface area contributed by atoms with Gasteiger partial charge in [-0.05, 0) is 0 Å². The average molecular weight is 663 g/mol. The Morgan fingerprint density at radius 3 is 2.11 bits per heavy atom. The van der Waals surface area contributed by atoms with E-state index in [1.807, 2.05) is 78.9 Å². The number of benzene rings is 3. The Morgan fingerprint density at radius 1 is 0.977 bits per heavy atom. The number of hydrogen-bond donors (Lipinski definition) is 2. The van der Waals surface area contributed by atoms with Crippen LogP contribution in [0.15, 0.2) is 101 Å². The van der Waals surface area contributed by atoms with Crippen LogP contribution >= 0.6 is 0 Å². The molecule has 11 heteroatoms. The number of ether oxygens (including phenoxy) is 4. The summed E-state index contributed by atoms with van der Waals surface area (Å²) in [5.41, 5.74) is 0.159.